The first-order valence-electron chi connectivity index (χ1n) is 11.2. The van der Waals surface area contributed by atoms with Crippen LogP contribution in [0.4, 0.5) is 0 Å². The Labute approximate surface area is 192 Å². The van der Waals surface area contributed by atoms with Crippen LogP contribution in [-0.2, 0) is 9.59 Å². The normalized spacial score (nSPS) is 27.0. The van der Waals surface area contributed by atoms with Crippen LogP contribution < -0.4 is 5.32 Å². The minimum absolute atomic E-state index is 0.0475. The second-order valence-electron chi connectivity index (χ2n) is 7.90. The fourth-order valence-corrected chi connectivity index (χ4v) is 2.92. The van der Waals surface area contributed by atoms with Crippen LogP contribution in [0.1, 0.15) is 52.9 Å². The third-order valence-corrected chi connectivity index (χ3v) is 4.87. The maximum absolute atomic E-state index is 12.3. The van der Waals surface area contributed by atoms with Crippen molar-refractivity contribution in [3.8, 4) is 0 Å². The fourth-order valence-electron chi connectivity index (χ4n) is 2.92. The molecule has 0 aliphatic carbocycles. The van der Waals surface area contributed by atoms with Crippen molar-refractivity contribution in [1.82, 2.24) is 5.32 Å². The maximum Gasteiger partial charge on any atom is 0.244 e. The van der Waals surface area contributed by atoms with Crippen LogP contribution in [0.2, 0.25) is 0 Å². The van der Waals surface area contributed by atoms with Crippen LogP contribution in [0, 0.1) is 0 Å². The Kier molecular flexibility index (Phi) is 13.6. The molecule has 0 saturated heterocycles. The van der Waals surface area contributed by atoms with Gasteiger partial charge >= 0.3 is 0 Å². The molecule has 3 atom stereocenters. The van der Waals surface area contributed by atoms with Gasteiger partial charge in [0.15, 0.2) is 5.78 Å². The Morgan fingerprint density at radius 3 is 2.50 bits per heavy atom. The van der Waals surface area contributed by atoms with E-state index < -0.39 is 12.2 Å². The highest BCUT2D eigenvalue weighted by Crippen LogP contribution is 2.08. The summed E-state index contributed by atoms with van der Waals surface area (Å²) in [5.41, 5.74) is 1.31. The largest absolute Gasteiger partial charge is 0.390 e. The Balaban J connectivity index is 3.04. The molecular formula is C27H37NO4. The average Bonchev–Trinajstić information content (AvgIpc) is 2.75. The summed E-state index contributed by atoms with van der Waals surface area (Å²) in [6.45, 7) is 5.65. The molecule has 3 N–H and O–H groups in total. The zero-order valence-electron chi connectivity index (χ0n) is 19.4. The van der Waals surface area contributed by atoms with Crippen molar-refractivity contribution >= 4 is 11.7 Å². The molecule has 0 radical (unpaired) electrons. The number of carbonyl (C=O) groups is 2. The molecule has 0 spiro atoms. The molecule has 174 valence electrons. The predicted molar refractivity (Wildman–Crippen MR) is 131 cm³/mol. The molecule has 5 heteroatoms. The van der Waals surface area contributed by atoms with Crippen molar-refractivity contribution in [2.24, 2.45) is 0 Å². The van der Waals surface area contributed by atoms with E-state index in [9.17, 15) is 19.8 Å². The highest BCUT2D eigenvalue weighted by molar-refractivity contribution is 6.03. The van der Waals surface area contributed by atoms with Gasteiger partial charge in [-0.25, -0.2) is 0 Å². The van der Waals surface area contributed by atoms with Gasteiger partial charge in [-0.3, -0.25) is 9.59 Å². The lowest BCUT2D eigenvalue weighted by molar-refractivity contribution is -0.117. The van der Waals surface area contributed by atoms with Crippen LogP contribution in [0.25, 0.3) is 0 Å². The molecule has 1 aliphatic heterocycles. The van der Waals surface area contributed by atoms with Gasteiger partial charge in [0.1, 0.15) is 0 Å². The van der Waals surface area contributed by atoms with Gasteiger partial charge in [-0.15, -0.1) is 0 Å². The molecule has 1 rings (SSSR count). The van der Waals surface area contributed by atoms with E-state index in [2.05, 4.69) is 24.4 Å². The number of rotatable bonds is 4. The van der Waals surface area contributed by atoms with Gasteiger partial charge in [0, 0.05) is 12.1 Å². The maximum atomic E-state index is 12.3. The Morgan fingerprint density at radius 1 is 1.00 bits per heavy atom. The highest BCUT2D eigenvalue weighted by atomic mass is 16.3. The number of unbranched alkanes of at least 4 members (excludes halogenated alkanes) is 1. The third kappa shape index (κ3) is 12.2. The van der Waals surface area contributed by atoms with E-state index in [0.717, 1.165) is 24.8 Å². The van der Waals surface area contributed by atoms with E-state index >= 15 is 0 Å². The molecule has 5 nitrogen and oxygen atoms in total. The van der Waals surface area contributed by atoms with E-state index in [1.165, 1.54) is 18.2 Å². The molecule has 0 saturated carbocycles. The molecule has 1 heterocycles. The molecule has 32 heavy (non-hydrogen) atoms. The topological polar surface area (TPSA) is 86.6 Å². The van der Waals surface area contributed by atoms with Gasteiger partial charge in [0.2, 0.25) is 5.91 Å². The quantitative estimate of drug-likeness (QED) is 0.566. The van der Waals surface area contributed by atoms with Crippen LogP contribution in [0.5, 0.6) is 0 Å². The number of allylic oxidation sites excluding steroid dienone is 9. The van der Waals surface area contributed by atoms with Crippen molar-refractivity contribution in [3.63, 3.8) is 0 Å². The zero-order chi connectivity index (χ0) is 23.8. The summed E-state index contributed by atoms with van der Waals surface area (Å²) >= 11 is 0. The number of hydrogen-bond donors (Lipinski definition) is 3. The summed E-state index contributed by atoms with van der Waals surface area (Å²) in [7, 11) is 0. The minimum Gasteiger partial charge on any atom is -0.390 e. The van der Waals surface area contributed by atoms with E-state index in [0.29, 0.717) is 12.0 Å². The molecule has 3 unspecified atom stereocenters. The van der Waals surface area contributed by atoms with Crippen LogP contribution >= 0.6 is 0 Å². The summed E-state index contributed by atoms with van der Waals surface area (Å²) in [5.74, 6) is -0.339. The van der Waals surface area contributed by atoms with Gasteiger partial charge < -0.3 is 15.5 Å². The lowest BCUT2D eigenvalue weighted by Gasteiger charge is -2.14. The minimum atomic E-state index is -1.06. The molecular weight excluding hydrogens is 402 g/mol. The Bertz CT molecular complexity index is 812. The molecule has 0 fully saturated rings. The van der Waals surface area contributed by atoms with Crippen molar-refractivity contribution in [3.05, 3.63) is 84.1 Å². The number of aliphatic hydroxyl groups is 2. The molecule has 0 bridgehead atoms. The number of carbonyl (C=O) groups excluding carboxylic acids is 2. The first-order valence-corrected chi connectivity index (χ1v) is 11.2. The van der Waals surface area contributed by atoms with Crippen LogP contribution in [-0.4, -0.2) is 40.2 Å². The highest BCUT2D eigenvalue weighted by Gasteiger charge is 2.12. The van der Waals surface area contributed by atoms with Gasteiger partial charge in [0.05, 0.1) is 12.2 Å². The van der Waals surface area contributed by atoms with E-state index in [1.54, 1.807) is 44.2 Å². The van der Waals surface area contributed by atoms with Gasteiger partial charge in [-0.2, -0.15) is 0 Å². The van der Waals surface area contributed by atoms with Gasteiger partial charge in [-0.1, -0.05) is 79.7 Å². The Hall–Kier alpha value is -2.76. The fraction of sp³-hybridized carbons (Fsp3) is 0.407. The van der Waals surface area contributed by atoms with Crippen LogP contribution in [0.15, 0.2) is 84.1 Å². The first-order chi connectivity index (χ1) is 15.3. The second-order valence-corrected chi connectivity index (χ2v) is 7.90. The van der Waals surface area contributed by atoms with Crippen molar-refractivity contribution in [2.45, 2.75) is 71.1 Å². The van der Waals surface area contributed by atoms with E-state index in [4.69, 9.17) is 0 Å². The Morgan fingerprint density at radius 2 is 1.75 bits per heavy atom. The monoisotopic (exact) mass is 439 g/mol. The summed E-state index contributed by atoms with van der Waals surface area (Å²) in [6.07, 6.45) is 22.4. The smallest absolute Gasteiger partial charge is 0.244 e. The van der Waals surface area contributed by atoms with E-state index in [1.807, 2.05) is 12.2 Å². The number of nitrogens with one attached hydrogen (secondary N) is 1. The number of amides is 1. The van der Waals surface area contributed by atoms with Gasteiger partial charge in [0.25, 0.3) is 0 Å². The molecule has 1 amide bonds. The predicted octanol–water partition coefficient (Wildman–Crippen LogP) is 4.42. The summed E-state index contributed by atoms with van der Waals surface area (Å²) in [6, 6.07) is -0.0475. The summed E-state index contributed by atoms with van der Waals surface area (Å²) < 4.78 is 0. The lowest BCUT2D eigenvalue weighted by Crippen LogP contribution is -2.32. The SMILES string of the molecule is CCCC=CCC1CC=C/C=C(\C)C(=O)/C=C/CC(O)C(O)C=C(C)C=CC=CC(=O)N1. The number of hydrogen-bond acceptors (Lipinski definition) is 4. The van der Waals surface area contributed by atoms with Crippen molar-refractivity contribution in [1.29, 1.82) is 0 Å². The molecule has 0 aromatic rings. The molecule has 1 aliphatic rings. The van der Waals surface area contributed by atoms with Crippen molar-refractivity contribution < 1.29 is 19.8 Å². The number of ketones is 1. The van der Waals surface area contributed by atoms with Crippen LogP contribution in [0.3, 0.4) is 0 Å². The molecule has 0 aromatic carbocycles. The van der Waals surface area contributed by atoms with E-state index in [-0.39, 0.29) is 24.2 Å². The third-order valence-electron chi connectivity index (χ3n) is 4.87. The van der Waals surface area contributed by atoms with Crippen molar-refractivity contribution in [2.75, 3.05) is 0 Å². The second kappa shape index (κ2) is 16.0. The average molecular weight is 440 g/mol. The summed E-state index contributed by atoms with van der Waals surface area (Å²) in [4.78, 5) is 24.5. The first kappa shape index (κ1) is 27.3. The number of aliphatic hydroxyl groups excluding tert-OH is 2. The lowest BCUT2D eigenvalue weighted by atomic mass is 10.1. The van der Waals surface area contributed by atoms with Gasteiger partial charge in [-0.05, 0) is 51.2 Å². The zero-order valence-corrected chi connectivity index (χ0v) is 19.4. The summed E-state index contributed by atoms with van der Waals surface area (Å²) in [5, 5.41) is 23.2. The molecule has 0 aromatic heterocycles. The standard InChI is InChI=1S/C27H37NO4/c1-4-5-6-7-15-23-16-10-9-14-22(3)24(29)17-12-18-25(30)26(31)20-21(2)13-8-11-19-27(32)28-23/h6-14,17,19-20,23,25-26,30-31H,4-5,15-16,18H2,1-3H3,(H,28,32)/b7-6?,10-9?,13-8?,17-12+,19-11?,21-20?,22-14+.